The van der Waals surface area contributed by atoms with Crippen LogP contribution in [0.1, 0.15) is 30.8 Å². The summed E-state index contributed by atoms with van der Waals surface area (Å²) in [6, 6.07) is 8.53. The van der Waals surface area contributed by atoms with Crippen molar-refractivity contribution >= 4 is 0 Å². The van der Waals surface area contributed by atoms with Gasteiger partial charge in [-0.25, -0.2) is 4.98 Å². The molecule has 1 heterocycles. The van der Waals surface area contributed by atoms with Gasteiger partial charge in [0, 0.05) is 31.9 Å². The first kappa shape index (κ1) is 14.6. The number of hydrogen-bond acceptors (Lipinski definition) is 3. The molecule has 4 heteroatoms. The second-order valence-corrected chi connectivity index (χ2v) is 4.92. The molecule has 0 fully saturated rings. The predicted molar refractivity (Wildman–Crippen MR) is 80.9 cm³/mol. The van der Waals surface area contributed by atoms with Crippen LogP contribution in [0.4, 0.5) is 0 Å². The fourth-order valence-electron chi connectivity index (χ4n) is 2.20. The summed E-state index contributed by atoms with van der Waals surface area (Å²) >= 11 is 0. The van der Waals surface area contributed by atoms with Crippen LogP contribution in [-0.4, -0.2) is 23.2 Å². The van der Waals surface area contributed by atoms with Gasteiger partial charge in [0.2, 0.25) is 0 Å². The van der Waals surface area contributed by atoms with Gasteiger partial charge in [0.25, 0.3) is 0 Å². The van der Waals surface area contributed by atoms with E-state index in [0.717, 1.165) is 31.0 Å². The normalized spacial score (nSPS) is 12.3. The summed E-state index contributed by atoms with van der Waals surface area (Å²) in [5.41, 5.74) is 1.23. The molecule has 20 heavy (non-hydrogen) atoms. The number of rotatable bonds is 7. The number of nitrogens with one attached hydrogen (secondary N) is 1. The van der Waals surface area contributed by atoms with Crippen molar-refractivity contribution in [3.05, 3.63) is 48.0 Å². The van der Waals surface area contributed by atoms with Crippen molar-refractivity contribution in [2.45, 2.75) is 25.8 Å². The second kappa shape index (κ2) is 7.10. The fraction of sp³-hybridized carbons (Fsp3) is 0.438. The minimum atomic E-state index is 0.237. The standard InChI is InChI=1S/C16H23N3O/c1-4-10-20-14-7-5-6-13(11-14)15(17-2)12-16-18-8-9-19(16)3/h5-9,11,15,17H,4,10,12H2,1-3H3. The van der Waals surface area contributed by atoms with Crippen molar-refractivity contribution in [2.24, 2.45) is 7.05 Å². The predicted octanol–water partition coefficient (Wildman–Crippen LogP) is 2.71. The number of benzene rings is 1. The van der Waals surface area contributed by atoms with Gasteiger partial charge < -0.3 is 14.6 Å². The molecule has 1 atom stereocenters. The number of nitrogens with zero attached hydrogens (tertiary/aromatic N) is 2. The average Bonchev–Trinajstić information content (AvgIpc) is 2.88. The molecule has 1 unspecified atom stereocenters. The third-order valence-corrected chi connectivity index (χ3v) is 3.39. The lowest BCUT2D eigenvalue weighted by atomic mass is 10.0. The zero-order valence-electron chi connectivity index (χ0n) is 12.5. The number of hydrogen-bond donors (Lipinski definition) is 1. The maximum atomic E-state index is 5.70. The molecule has 0 aliphatic heterocycles. The molecule has 0 amide bonds. The van der Waals surface area contributed by atoms with Gasteiger partial charge in [0.15, 0.2) is 0 Å². The molecule has 0 saturated heterocycles. The molecule has 0 saturated carbocycles. The smallest absolute Gasteiger partial charge is 0.119 e. The molecule has 2 aromatic rings. The molecule has 108 valence electrons. The summed E-state index contributed by atoms with van der Waals surface area (Å²) in [5.74, 6) is 2.01. The van der Waals surface area contributed by atoms with Crippen LogP contribution in [0.3, 0.4) is 0 Å². The van der Waals surface area contributed by atoms with Crippen molar-refractivity contribution in [3.63, 3.8) is 0 Å². The summed E-state index contributed by atoms with van der Waals surface area (Å²) < 4.78 is 7.76. The number of likely N-dealkylation sites (N-methyl/N-ethyl adjacent to an activating group) is 1. The topological polar surface area (TPSA) is 39.1 Å². The Hall–Kier alpha value is -1.81. The third-order valence-electron chi connectivity index (χ3n) is 3.39. The molecule has 0 radical (unpaired) electrons. The van der Waals surface area contributed by atoms with Gasteiger partial charge >= 0.3 is 0 Å². The van der Waals surface area contributed by atoms with Crippen molar-refractivity contribution < 1.29 is 4.74 Å². The van der Waals surface area contributed by atoms with Gasteiger partial charge in [0.05, 0.1) is 6.61 Å². The first-order valence-corrected chi connectivity index (χ1v) is 7.10. The Kier molecular flexibility index (Phi) is 5.18. The Morgan fingerprint density at radius 2 is 2.25 bits per heavy atom. The van der Waals surface area contributed by atoms with Crippen LogP contribution >= 0.6 is 0 Å². The monoisotopic (exact) mass is 273 g/mol. The highest BCUT2D eigenvalue weighted by Crippen LogP contribution is 2.22. The average molecular weight is 273 g/mol. The minimum absolute atomic E-state index is 0.237. The maximum Gasteiger partial charge on any atom is 0.119 e. The Labute approximate surface area is 120 Å². The number of aryl methyl sites for hydroxylation is 1. The molecule has 2 rings (SSSR count). The Bertz CT molecular complexity index is 536. The first-order chi connectivity index (χ1) is 9.74. The van der Waals surface area contributed by atoms with Gasteiger partial charge in [-0.15, -0.1) is 0 Å². The van der Waals surface area contributed by atoms with Crippen LogP contribution in [0.5, 0.6) is 5.75 Å². The Morgan fingerprint density at radius 1 is 1.40 bits per heavy atom. The van der Waals surface area contributed by atoms with Crippen LogP contribution in [0.15, 0.2) is 36.7 Å². The Morgan fingerprint density at radius 3 is 2.90 bits per heavy atom. The highest BCUT2D eigenvalue weighted by molar-refractivity contribution is 5.31. The van der Waals surface area contributed by atoms with Gasteiger partial charge in [-0.1, -0.05) is 19.1 Å². The largest absolute Gasteiger partial charge is 0.494 e. The third kappa shape index (κ3) is 3.61. The van der Waals surface area contributed by atoms with Gasteiger partial charge in [0.1, 0.15) is 11.6 Å². The van der Waals surface area contributed by atoms with Gasteiger partial charge in [-0.2, -0.15) is 0 Å². The SMILES string of the molecule is CCCOc1cccc(C(Cc2nccn2C)NC)c1. The van der Waals surface area contributed by atoms with Crippen molar-refractivity contribution in [1.29, 1.82) is 0 Å². The summed E-state index contributed by atoms with van der Waals surface area (Å²) in [7, 11) is 4.00. The number of aromatic nitrogens is 2. The van der Waals surface area contributed by atoms with E-state index in [1.54, 1.807) is 0 Å². The molecule has 1 aromatic heterocycles. The maximum absolute atomic E-state index is 5.70. The van der Waals surface area contributed by atoms with E-state index in [1.807, 2.05) is 38.6 Å². The van der Waals surface area contributed by atoms with E-state index in [1.165, 1.54) is 5.56 Å². The zero-order valence-corrected chi connectivity index (χ0v) is 12.5. The highest BCUT2D eigenvalue weighted by atomic mass is 16.5. The van der Waals surface area contributed by atoms with E-state index in [0.29, 0.717) is 0 Å². The van der Waals surface area contributed by atoms with Crippen molar-refractivity contribution in [3.8, 4) is 5.75 Å². The van der Waals surface area contributed by atoms with Crippen LogP contribution in [0.2, 0.25) is 0 Å². The quantitative estimate of drug-likeness (QED) is 0.843. The van der Waals surface area contributed by atoms with E-state index in [9.17, 15) is 0 Å². The van der Waals surface area contributed by atoms with Crippen molar-refractivity contribution in [2.75, 3.05) is 13.7 Å². The van der Waals surface area contributed by atoms with Gasteiger partial charge in [-0.3, -0.25) is 0 Å². The molecule has 4 nitrogen and oxygen atoms in total. The van der Waals surface area contributed by atoms with Crippen molar-refractivity contribution in [1.82, 2.24) is 14.9 Å². The van der Waals surface area contributed by atoms with E-state index in [4.69, 9.17) is 4.74 Å². The summed E-state index contributed by atoms with van der Waals surface area (Å²) in [5, 5.41) is 3.36. The summed E-state index contributed by atoms with van der Waals surface area (Å²) in [6.07, 6.45) is 5.69. The first-order valence-electron chi connectivity index (χ1n) is 7.10. The zero-order chi connectivity index (χ0) is 14.4. The lowest BCUT2D eigenvalue weighted by Crippen LogP contribution is -2.20. The lowest BCUT2D eigenvalue weighted by Gasteiger charge is -2.17. The van der Waals surface area contributed by atoms with E-state index >= 15 is 0 Å². The lowest BCUT2D eigenvalue weighted by molar-refractivity contribution is 0.316. The summed E-state index contributed by atoms with van der Waals surface area (Å²) in [6.45, 7) is 2.87. The Balaban J connectivity index is 2.12. The van der Waals surface area contributed by atoms with Crippen LogP contribution in [0.25, 0.3) is 0 Å². The van der Waals surface area contributed by atoms with Crippen LogP contribution in [0, 0.1) is 0 Å². The molecule has 1 aromatic carbocycles. The second-order valence-electron chi connectivity index (χ2n) is 4.92. The van der Waals surface area contributed by atoms with E-state index < -0.39 is 0 Å². The van der Waals surface area contributed by atoms with E-state index in [2.05, 4.69) is 33.9 Å². The fourth-order valence-corrected chi connectivity index (χ4v) is 2.20. The molecule has 0 aliphatic rings. The molecule has 0 spiro atoms. The van der Waals surface area contributed by atoms with Gasteiger partial charge in [-0.05, 0) is 31.2 Å². The number of ether oxygens (including phenoxy) is 1. The molecule has 0 bridgehead atoms. The molecular weight excluding hydrogens is 250 g/mol. The summed E-state index contributed by atoms with van der Waals surface area (Å²) in [4.78, 5) is 4.39. The molecule has 0 aliphatic carbocycles. The molecule has 1 N–H and O–H groups in total. The van der Waals surface area contributed by atoms with Crippen LogP contribution < -0.4 is 10.1 Å². The molecular formula is C16H23N3O. The number of imidazole rings is 1. The highest BCUT2D eigenvalue weighted by Gasteiger charge is 2.13. The minimum Gasteiger partial charge on any atom is -0.494 e. The van der Waals surface area contributed by atoms with Crippen LogP contribution in [-0.2, 0) is 13.5 Å². The van der Waals surface area contributed by atoms with E-state index in [-0.39, 0.29) is 6.04 Å².